The fourth-order valence-electron chi connectivity index (χ4n) is 6.16. The number of unbranched alkanes of at least 4 members (excludes halogenated alkanes) is 1. The zero-order valence-corrected chi connectivity index (χ0v) is 29.4. The van der Waals surface area contributed by atoms with Crippen LogP contribution in [-0.2, 0) is 13.5 Å². The van der Waals surface area contributed by atoms with Crippen molar-refractivity contribution in [1.82, 2.24) is 24.9 Å². The second-order valence-electron chi connectivity index (χ2n) is 13.1. The third-order valence-electron chi connectivity index (χ3n) is 9.44. The summed E-state index contributed by atoms with van der Waals surface area (Å²) >= 11 is 0. The van der Waals surface area contributed by atoms with Crippen LogP contribution in [0.2, 0.25) is 0 Å². The van der Waals surface area contributed by atoms with Gasteiger partial charge in [0.15, 0.2) is 0 Å². The average Bonchev–Trinajstić information content (AvgIpc) is 3.49. The Labute approximate surface area is 275 Å². The Morgan fingerprint density at radius 2 is 1.85 bits per heavy atom. The summed E-state index contributed by atoms with van der Waals surface area (Å²) in [6.07, 6.45) is 8.05. The van der Waals surface area contributed by atoms with Gasteiger partial charge in [-0.25, -0.2) is 13.6 Å². The third kappa shape index (κ3) is 9.86. The Balaban J connectivity index is 0.000000259. The van der Waals surface area contributed by atoms with Crippen LogP contribution in [0.25, 0.3) is 11.1 Å². The third-order valence-corrected chi connectivity index (χ3v) is 9.44. The lowest BCUT2D eigenvalue weighted by atomic mass is 9.93. The van der Waals surface area contributed by atoms with Gasteiger partial charge in [-0.1, -0.05) is 33.3 Å². The Bertz CT molecular complexity index is 1340. The molecular formula is C36H57F2N7O. The molecule has 0 bridgehead atoms. The summed E-state index contributed by atoms with van der Waals surface area (Å²) in [7, 11) is 3.47. The number of piperidine rings is 2. The molecule has 2 aliphatic rings. The van der Waals surface area contributed by atoms with Crippen LogP contribution in [0.5, 0.6) is 0 Å². The van der Waals surface area contributed by atoms with Crippen molar-refractivity contribution in [3.8, 4) is 11.1 Å². The number of urea groups is 1. The Kier molecular flexibility index (Phi) is 14.2. The Morgan fingerprint density at radius 3 is 2.39 bits per heavy atom. The number of benzene rings is 1. The maximum Gasteiger partial charge on any atom is 0.317 e. The molecule has 0 radical (unpaired) electrons. The minimum absolute atomic E-state index is 0.0382. The quantitative estimate of drug-likeness (QED) is 0.301. The molecular weight excluding hydrogens is 584 g/mol. The predicted octanol–water partition coefficient (Wildman–Crippen LogP) is 7.28. The summed E-state index contributed by atoms with van der Waals surface area (Å²) < 4.78 is 28.1. The van der Waals surface area contributed by atoms with Crippen molar-refractivity contribution in [2.24, 2.45) is 23.7 Å². The van der Waals surface area contributed by atoms with Gasteiger partial charge in [0.2, 0.25) is 0 Å². The van der Waals surface area contributed by atoms with Gasteiger partial charge in [-0.2, -0.15) is 5.10 Å². The number of halogens is 2. The van der Waals surface area contributed by atoms with E-state index in [0.717, 1.165) is 91.7 Å². The van der Waals surface area contributed by atoms with Crippen LogP contribution in [0, 0.1) is 12.8 Å². The van der Waals surface area contributed by atoms with E-state index in [1.165, 1.54) is 0 Å². The van der Waals surface area contributed by atoms with E-state index in [1.807, 2.05) is 17.9 Å². The van der Waals surface area contributed by atoms with Gasteiger partial charge < -0.3 is 20.9 Å². The van der Waals surface area contributed by atoms with Crippen LogP contribution in [0.15, 0.2) is 40.8 Å². The molecule has 2 fully saturated rings. The molecule has 46 heavy (non-hydrogen) atoms. The van der Waals surface area contributed by atoms with E-state index < -0.39 is 6.43 Å². The number of nitrogens with zero attached hydrogens (tertiary/aromatic N) is 5. The number of aromatic nitrogens is 2. The molecule has 8 nitrogen and oxygen atoms in total. The number of likely N-dealkylation sites (tertiary alicyclic amines) is 2. The molecule has 3 heterocycles. The van der Waals surface area contributed by atoms with Gasteiger partial charge in [0.25, 0.3) is 6.43 Å². The molecule has 256 valence electrons. The summed E-state index contributed by atoms with van der Waals surface area (Å²) in [6.45, 7) is 16.4. The van der Waals surface area contributed by atoms with Crippen LogP contribution >= 0.6 is 0 Å². The zero-order chi connectivity index (χ0) is 34.0. The molecule has 2 aromatic rings. The molecule has 0 saturated carbocycles. The number of carbonyl (C=O) groups is 1. The molecule has 0 spiro atoms. The van der Waals surface area contributed by atoms with Crippen LogP contribution in [-0.4, -0.2) is 76.6 Å². The maximum absolute atomic E-state index is 13.3. The number of hydrogen-bond donors (Lipinski definition) is 2. The van der Waals surface area contributed by atoms with Gasteiger partial charge >= 0.3 is 6.03 Å². The number of hydrogen-bond acceptors (Lipinski definition) is 5. The van der Waals surface area contributed by atoms with Gasteiger partial charge in [-0.15, -0.1) is 0 Å². The highest BCUT2D eigenvalue weighted by molar-refractivity contribution is 6.03. The summed E-state index contributed by atoms with van der Waals surface area (Å²) in [4.78, 5) is 21.6. The first kappa shape index (κ1) is 37.2. The lowest BCUT2D eigenvalue weighted by Gasteiger charge is -2.35. The normalized spacial score (nSPS) is 19.0. The van der Waals surface area contributed by atoms with Crippen molar-refractivity contribution < 1.29 is 13.6 Å². The van der Waals surface area contributed by atoms with Crippen molar-refractivity contribution in [3.63, 3.8) is 0 Å². The average molecular weight is 642 g/mol. The minimum Gasteiger partial charge on any atom is -0.401 e. The number of carbonyl (C=O) groups excluding carboxylic acids is 1. The van der Waals surface area contributed by atoms with E-state index in [4.69, 9.17) is 10.7 Å². The molecule has 2 saturated heterocycles. The molecule has 1 atom stereocenters. The summed E-state index contributed by atoms with van der Waals surface area (Å²) in [5, 5.41) is 6.81. The van der Waals surface area contributed by atoms with E-state index >= 15 is 0 Å². The number of allylic oxidation sites excluding steroid dienone is 1. The Morgan fingerprint density at radius 1 is 1.15 bits per heavy atom. The number of rotatable bonds is 9. The molecule has 2 amide bonds. The van der Waals surface area contributed by atoms with Crippen LogP contribution < -0.4 is 11.1 Å². The van der Waals surface area contributed by atoms with Crippen molar-refractivity contribution >= 4 is 11.7 Å². The second kappa shape index (κ2) is 17.6. The number of alkyl halides is 2. The van der Waals surface area contributed by atoms with Crippen LogP contribution in [0.4, 0.5) is 13.6 Å². The van der Waals surface area contributed by atoms with E-state index in [-0.39, 0.29) is 11.6 Å². The smallest absolute Gasteiger partial charge is 0.317 e. The monoisotopic (exact) mass is 641 g/mol. The highest BCUT2D eigenvalue weighted by atomic mass is 19.3. The van der Waals surface area contributed by atoms with Crippen molar-refractivity contribution in [1.29, 1.82) is 0 Å². The highest BCUT2D eigenvalue weighted by Gasteiger charge is 2.28. The first-order valence-electron chi connectivity index (χ1n) is 17.1. The highest BCUT2D eigenvalue weighted by Crippen LogP contribution is 2.34. The lowest BCUT2D eigenvalue weighted by molar-refractivity contribution is 0.152. The van der Waals surface area contributed by atoms with Gasteiger partial charge in [0.05, 0.1) is 18.8 Å². The fourth-order valence-corrected chi connectivity index (χ4v) is 6.16. The standard InChI is InChI=1S/C20H37N5O.C16H20F2N2/c1-6-15(4)19(21)17-13-25(20(26)22-5)12-9-18(17)23-16-7-10-24(11-8-16)14(2)3;1-4-5-6-12-8-14(13-9-19-20(3)10-13)15(16(17)18)7-11(12)2/h14-16H,6-13,21H2,1-5H3,(H,22,26);7-10,16H,4-6H2,1-3H3/b19-17-,23-18?;/t15-;/m1./s1. The van der Waals surface area contributed by atoms with E-state index in [2.05, 4.69) is 49.9 Å². The summed E-state index contributed by atoms with van der Waals surface area (Å²) in [6, 6.07) is 4.48. The van der Waals surface area contributed by atoms with E-state index in [9.17, 15) is 13.6 Å². The molecule has 0 unspecified atom stereocenters. The first-order valence-corrected chi connectivity index (χ1v) is 17.1. The van der Waals surface area contributed by atoms with Gasteiger partial charge in [-0.05, 0) is 81.5 Å². The van der Waals surface area contributed by atoms with Crippen molar-refractivity contribution in [2.75, 3.05) is 33.2 Å². The molecule has 0 aliphatic carbocycles. The molecule has 2 aliphatic heterocycles. The van der Waals surface area contributed by atoms with Gasteiger partial charge in [0.1, 0.15) is 0 Å². The summed E-state index contributed by atoms with van der Waals surface area (Å²) in [5.41, 5.74) is 13.2. The number of aliphatic imine (C=N–C) groups is 1. The lowest BCUT2D eigenvalue weighted by Crippen LogP contribution is -2.46. The van der Waals surface area contributed by atoms with E-state index in [0.29, 0.717) is 36.7 Å². The largest absolute Gasteiger partial charge is 0.401 e. The first-order chi connectivity index (χ1) is 21.9. The number of aryl methyl sites for hydroxylation is 3. The number of nitrogens with one attached hydrogen (secondary N) is 1. The van der Waals surface area contributed by atoms with Gasteiger partial charge in [-0.3, -0.25) is 9.67 Å². The van der Waals surface area contributed by atoms with Crippen molar-refractivity contribution in [2.45, 2.75) is 105 Å². The molecule has 3 N–H and O–H groups in total. The van der Waals surface area contributed by atoms with Crippen LogP contribution in [0.3, 0.4) is 0 Å². The predicted molar refractivity (Wildman–Crippen MR) is 185 cm³/mol. The second-order valence-corrected chi connectivity index (χ2v) is 13.1. The van der Waals surface area contributed by atoms with E-state index in [1.54, 1.807) is 37.2 Å². The SMILES string of the molecule is CCCCc1cc(-c2cnn(C)c2)c(C(F)F)cc1C.CC[C@@H](C)/C(N)=C1\CN(C(=O)NC)CCC1=NC1CCN(C(C)C)CC1. The van der Waals surface area contributed by atoms with Gasteiger partial charge in [0, 0.05) is 80.5 Å². The molecule has 10 heteroatoms. The Hall–Kier alpha value is -3.27. The number of nitrogens with two attached hydrogens (primary N) is 1. The molecule has 1 aromatic heterocycles. The van der Waals surface area contributed by atoms with Crippen molar-refractivity contribution in [3.05, 3.63) is 52.5 Å². The zero-order valence-electron chi connectivity index (χ0n) is 29.4. The van der Waals surface area contributed by atoms with Crippen LogP contribution in [0.1, 0.15) is 96.3 Å². The topological polar surface area (TPSA) is 91.8 Å². The summed E-state index contributed by atoms with van der Waals surface area (Å²) in [5.74, 6) is 0.308. The fraction of sp³-hybridized carbons (Fsp3) is 0.639. The molecule has 1 aromatic carbocycles. The maximum atomic E-state index is 13.3. The minimum atomic E-state index is -2.47. The number of amides is 2. The molecule has 4 rings (SSSR count).